The van der Waals surface area contributed by atoms with Crippen LogP contribution in [0.5, 0.6) is 5.75 Å². The molecule has 0 saturated heterocycles. The summed E-state index contributed by atoms with van der Waals surface area (Å²) in [7, 11) is -3.10. The quantitative estimate of drug-likeness (QED) is 0.638. The van der Waals surface area contributed by atoms with Gasteiger partial charge in [-0.25, -0.2) is 8.42 Å². The number of amides is 1. The van der Waals surface area contributed by atoms with Gasteiger partial charge >= 0.3 is 0 Å². The maximum absolute atomic E-state index is 11.7. The highest BCUT2D eigenvalue weighted by atomic mass is 35.5. The molecule has 1 amide bonds. The monoisotopic (exact) mass is 364 g/mol. The van der Waals surface area contributed by atoms with Crippen LogP contribution in [-0.2, 0) is 14.6 Å². The highest BCUT2D eigenvalue weighted by molar-refractivity contribution is 7.90. The van der Waals surface area contributed by atoms with Crippen molar-refractivity contribution in [2.75, 3.05) is 25.2 Å². The first-order valence-electron chi connectivity index (χ1n) is 7.19. The first kappa shape index (κ1) is 21.7. The van der Waals surface area contributed by atoms with E-state index >= 15 is 0 Å². The first-order valence-corrected chi connectivity index (χ1v) is 9.25. The fourth-order valence-electron chi connectivity index (χ4n) is 1.79. The molecular weight excluding hydrogens is 340 g/mol. The predicted octanol–water partition coefficient (Wildman–Crippen LogP) is 1.06. The minimum atomic E-state index is -3.10. The van der Waals surface area contributed by atoms with Crippen molar-refractivity contribution >= 4 is 28.2 Å². The molecule has 0 aliphatic carbocycles. The number of carbonyl (C=O) groups excluding carboxylic acids is 1. The average molecular weight is 365 g/mol. The summed E-state index contributed by atoms with van der Waals surface area (Å²) in [5.41, 5.74) is 6.71. The summed E-state index contributed by atoms with van der Waals surface area (Å²) in [5, 5.41) is 2.68. The van der Waals surface area contributed by atoms with Crippen LogP contribution in [-0.4, -0.2) is 45.5 Å². The van der Waals surface area contributed by atoms with Gasteiger partial charge in [0.1, 0.15) is 15.6 Å². The molecule has 0 radical (unpaired) electrons. The van der Waals surface area contributed by atoms with Crippen LogP contribution >= 0.6 is 12.4 Å². The standard InChI is InChI=1S/C15H24N2O4S.ClH/c1-12-6-3-4-7-14(12)21-10-5-9-17-15(18)13(16)8-11-22(2,19)20;/h3-4,6-7,13H,5,8-11,16H2,1-2H3,(H,17,18);1H. The molecule has 1 rings (SSSR count). The van der Waals surface area contributed by atoms with Gasteiger partial charge in [-0.1, -0.05) is 18.2 Å². The van der Waals surface area contributed by atoms with Crippen molar-refractivity contribution in [2.45, 2.75) is 25.8 Å². The van der Waals surface area contributed by atoms with Gasteiger partial charge in [0.15, 0.2) is 0 Å². The second kappa shape index (κ2) is 10.5. The average Bonchev–Trinajstić information content (AvgIpc) is 2.45. The number of benzene rings is 1. The second-order valence-electron chi connectivity index (χ2n) is 5.28. The Bertz CT molecular complexity index is 593. The zero-order valence-corrected chi connectivity index (χ0v) is 15.1. The van der Waals surface area contributed by atoms with Gasteiger partial charge in [0.2, 0.25) is 5.91 Å². The van der Waals surface area contributed by atoms with E-state index in [2.05, 4.69) is 5.32 Å². The molecule has 23 heavy (non-hydrogen) atoms. The summed E-state index contributed by atoms with van der Waals surface area (Å²) in [6.07, 6.45) is 1.91. The third-order valence-electron chi connectivity index (χ3n) is 3.11. The lowest BCUT2D eigenvalue weighted by atomic mass is 10.2. The molecule has 1 atom stereocenters. The molecule has 1 aromatic rings. The Hall–Kier alpha value is -1.31. The molecule has 3 N–H and O–H groups in total. The maximum Gasteiger partial charge on any atom is 0.236 e. The van der Waals surface area contributed by atoms with Crippen LogP contribution in [0.25, 0.3) is 0 Å². The van der Waals surface area contributed by atoms with Gasteiger partial charge < -0.3 is 15.8 Å². The largest absolute Gasteiger partial charge is 0.493 e. The van der Waals surface area contributed by atoms with Crippen molar-refractivity contribution in [3.05, 3.63) is 29.8 Å². The van der Waals surface area contributed by atoms with Crippen LogP contribution in [0.15, 0.2) is 24.3 Å². The first-order chi connectivity index (χ1) is 10.3. The van der Waals surface area contributed by atoms with E-state index in [0.29, 0.717) is 19.6 Å². The Labute approximate surface area is 144 Å². The number of sulfone groups is 1. The number of ether oxygens (including phenoxy) is 1. The van der Waals surface area contributed by atoms with Gasteiger partial charge in [0.25, 0.3) is 0 Å². The number of para-hydroxylation sites is 1. The van der Waals surface area contributed by atoms with Crippen LogP contribution in [0.1, 0.15) is 18.4 Å². The van der Waals surface area contributed by atoms with E-state index in [1.807, 2.05) is 31.2 Å². The number of hydrogen-bond donors (Lipinski definition) is 2. The van der Waals surface area contributed by atoms with E-state index in [1.54, 1.807) is 0 Å². The molecule has 0 heterocycles. The topological polar surface area (TPSA) is 98.5 Å². The lowest BCUT2D eigenvalue weighted by molar-refractivity contribution is -0.122. The van der Waals surface area contributed by atoms with Crippen molar-refractivity contribution in [1.29, 1.82) is 0 Å². The number of hydrogen-bond acceptors (Lipinski definition) is 5. The highest BCUT2D eigenvalue weighted by Gasteiger charge is 2.15. The molecule has 0 aliphatic heterocycles. The van der Waals surface area contributed by atoms with Crippen molar-refractivity contribution in [1.82, 2.24) is 5.32 Å². The van der Waals surface area contributed by atoms with Gasteiger partial charge in [-0.3, -0.25) is 4.79 Å². The minimum absolute atomic E-state index is 0. The molecule has 8 heteroatoms. The molecule has 0 spiro atoms. The highest BCUT2D eigenvalue weighted by Crippen LogP contribution is 2.15. The Morgan fingerprint density at radius 2 is 2.00 bits per heavy atom. The van der Waals surface area contributed by atoms with E-state index in [-0.39, 0.29) is 30.5 Å². The van der Waals surface area contributed by atoms with Crippen LogP contribution in [0.4, 0.5) is 0 Å². The van der Waals surface area contributed by atoms with Crippen LogP contribution in [0.3, 0.4) is 0 Å². The fraction of sp³-hybridized carbons (Fsp3) is 0.533. The second-order valence-corrected chi connectivity index (χ2v) is 7.54. The van der Waals surface area contributed by atoms with Crippen LogP contribution in [0.2, 0.25) is 0 Å². The zero-order chi connectivity index (χ0) is 16.6. The third-order valence-corrected chi connectivity index (χ3v) is 4.09. The lowest BCUT2D eigenvalue weighted by Crippen LogP contribution is -2.42. The molecule has 0 saturated carbocycles. The Kier molecular flexibility index (Phi) is 9.87. The number of rotatable bonds is 9. The molecule has 1 unspecified atom stereocenters. The summed E-state index contributed by atoms with van der Waals surface area (Å²) in [4.78, 5) is 11.7. The SMILES string of the molecule is Cc1ccccc1OCCCNC(=O)C(N)CCS(C)(=O)=O.Cl. The molecule has 0 fully saturated rings. The van der Waals surface area contributed by atoms with Gasteiger partial charge in [-0.15, -0.1) is 12.4 Å². The van der Waals surface area contributed by atoms with E-state index in [0.717, 1.165) is 17.6 Å². The number of nitrogens with one attached hydrogen (secondary N) is 1. The molecule has 132 valence electrons. The van der Waals surface area contributed by atoms with Gasteiger partial charge in [0.05, 0.1) is 18.4 Å². The summed E-state index contributed by atoms with van der Waals surface area (Å²) >= 11 is 0. The van der Waals surface area contributed by atoms with E-state index in [9.17, 15) is 13.2 Å². The molecule has 1 aromatic carbocycles. The van der Waals surface area contributed by atoms with Gasteiger partial charge in [0, 0.05) is 12.8 Å². The Morgan fingerprint density at radius 3 is 2.61 bits per heavy atom. The van der Waals surface area contributed by atoms with E-state index in [4.69, 9.17) is 10.5 Å². The normalized spacial score (nSPS) is 12.1. The predicted molar refractivity (Wildman–Crippen MR) is 93.9 cm³/mol. The minimum Gasteiger partial charge on any atom is -0.493 e. The number of aryl methyl sites for hydroxylation is 1. The zero-order valence-electron chi connectivity index (χ0n) is 13.4. The smallest absolute Gasteiger partial charge is 0.236 e. The van der Waals surface area contributed by atoms with Gasteiger partial charge in [-0.2, -0.15) is 0 Å². The molecule has 0 aromatic heterocycles. The summed E-state index contributed by atoms with van der Waals surface area (Å²) in [6, 6.07) is 6.92. The molecular formula is C15H25ClN2O4S. The van der Waals surface area contributed by atoms with Crippen molar-refractivity contribution in [2.24, 2.45) is 5.73 Å². The summed E-state index contributed by atoms with van der Waals surface area (Å²) < 4.78 is 27.6. The number of halogens is 1. The van der Waals surface area contributed by atoms with Crippen molar-refractivity contribution in [3.8, 4) is 5.75 Å². The summed E-state index contributed by atoms with van der Waals surface area (Å²) in [6.45, 7) is 2.90. The number of carbonyl (C=O) groups is 1. The summed E-state index contributed by atoms with van der Waals surface area (Å²) in [5.74, 6) is 0.413. The molecule has 0 bridgehead atoms. The number of nitrogens with two attached hydrogens (primary N) is 1. The van der Waals surface area contributed by atoms with E-state index < -0.39 is 15.9 Å². The fourth-order valence-corrected chi connectivity index (χ4v) is 2.47. The van der Waals surface area contributed by atoms with E-state index in [1.165, 1.54) is 0 Å². The Balaban J connectivity index is 0.00000484. The Morgan fingerprint density at radius 1 is 1.35 bits per heavy atom. The lowest BCUT2D eigenvalue weighted by Gasteiger charge is -2.12. The molecule has 0 aliphatic rings. The van der Waals surface area contributed by atoms with Crippen LogP contribution < -0.4 is 15.8 Å². The van der Waals surface area contributed by atoms with Crippen molar-refractivity contribution in [3.63, 3.8) is 0 Å². The molecule has 6 nitrogen and oxygen atoms in total. The third kappa shape index (κ3) is 9.43. The van der Waals surface area contributed by atoms with Crippen LogP contribution in [0, 0.1) is 6.92 Å². The maximum atomic E-state index is 11.7. The van der Waals surface area contributed by atoms with Gasteiger partial charge in [-0.05, 0) is 31.4 Å². The van der Waals surface area contributed by atoms with Crippen molar-refractivity contribution < 1.29 is 17.9 Å².